The average Bonchev–Trinajstić information content (AvgIpc) is 2.12. The number of anilines is 2. The molecule has 0 saturated carbocycles. The molecule has 3 N–H and O–H groups in total. The number of nitrogens with one attached hydrogen (secondary N) is 1. The minimum Gasteiger partial charge on any atom is -0.383 e. The first-order valence-corrected chi connectivity index (χ1v) is 4.92. The lowest BCUT2D eigenvalue weighted by Gasteiger charge is -2.10. The highest BCUT2D eigenvalue weighted by Gasteiger charge is 2.03. The molecule has 0 fully saturated rings. The maximum atomic E-state index is 5.66. The first kappa shape index (κ1) is 10.8. The van der Waals surface area contributed by atoms with Gasteiger partial charge in [0.1, 0.15) is 18.0 Å². The van der Waals surface area contributed by atoms with Gasteiger partial charge in [-0.05, 0) is 19.3 Å². The van der Waals surface area contributed by atoms with Crippen LogP contribution in [0.5, 0.6) is 0 Å². The second-order valence-corrected chi connectivity index (χ2v) is 3.84. The van der Waals surface area contributed by atoms with E-state index in [0.29, 0.717) is 11.7 Å². The lowest BCUT2D eigenvalue weighted by molar-refractivity contribution is 0.606. The molecule has 0 bridgehead atoms. The lowest BCUT2D eigenvalue weighted by atomic mass is 10.1. The van der Waals surface area contributed by atoms with Crippen molar-refractivity contribution in [3.05, 3.63) is 11.9 Å². The summed E-state index contributed by atoms with van der Waals surface area (Å²) in [4.78, 5) is 8.04. The molecule has 78 valence electrons. The average molecular weight is 194 g/mol. The molecule has 0 unspecified atom stereocenters. The van der Waals surface area contributed by atoms with E-state index in [9.17, 15) is 0 Å². The van der Waals surface area contributed by atoms with Crippen LogP contribution in [0, 0.1) is 12.8 Å². The Balaban J connectivity index is 2.54. The molecule has 0 atom stereocenters. The lowest BCUT2D eigenvalue weighted by Crippen LogP contribution is -2.09. The van der Waals surface area contributed by atoms with Crippen LogP contribution >= 0.6 is 0 Å². The Labute approximate surface area is 85.0 Å². The molecule has 0 aliphatic carbocycles. The van der Waals surface area contributed by atoms with Crippen LogP contribution in [-0.4, -0.2) is 16.5 Å². The van der Waals surface area contributed by atoms with Crippen LogP contribution in [0.3, 0.4) is 0 Å². The predicted molar refractivity (Wildman–Crippen MR) is 59.1 cm³/mol. The number of hydrogen-bond donors (Lipinski definition) is 2. The Bertz CT molecular complexity index is 296. The number of nitrogen functional groups attached to an aromatic ring is 1. The number of hydrogen-bond acceptors (Lipinski definition) is 4. The van der Waals surface area contributed by atoms with Gasteiger partial charge in [-0.3, -0.25) is 0 Å². The second-order valence-electron chi connectivity index (χ2n) is 3.84. The van der Waals surface area contributed by atoms with Gasteiger partial charge in [-0.15, -0.1) is 0 Å². The Hall–Kier alpha value is -1.32. The van der Waals surface area contributed by atoms with Gasteiger partial charge in [-0.1, -0.05) is 13.8 Å². The fourth-order valence-corrected chi connectivity index (χ4v) is 1.12. The SMILES string of the molecule is Cc1c(N)ncnc1NCCC(C)C. The zero-order valence-corrected chi connectivity index (χ0v) is 9.04. The number of nitrogens with two attached hydrogens (primary N) is 1. The van der Waals surface area contributed by atoms with Crippen LogP contribution in [0.1, 0.15) is 25.8 Å². The van der Waals surface area contributed by atoms with E-state index in [4.69, 9.17) is 5.73 Å². The normalized spacial score (nSPS) is 10.6. The third-order valence-corrected chi connectivity index (χ3v) is 2.14. The van der Waals surface area contributed by atoms with Crippen molar-refractivity contribution in [2.24, 2.45) is 5.92 Å². The molecule has 1 aromatic rings. The highest BCUT2D eigenvalue weighted by atomic mass is 15.0. The van der Waals surface area contributed by atoms with E-state index in [1.54, 1.807) is 0 Å². The number of rotatable bonds is 4. The van der Waals surface area contributed by atoms with Gasteiger partial charge in [-0.25, -0.2) is 9.97 Å². The monoisotopic (exact) mass is 194 g/mol. The Morgan fingerprint density at radius 1 is 1.43 bits per heavy atom. The summed E-state index contributed by atoms with van der Waals surface area (Å²) in [7, 11) is 0. The molecule has 0 radical (unpaired) electrons. The summed E-state index contributed by atoms with van der Waals surface area (Å²) in [6, 6.07) is 0. The molecular formula is C10H18N4. The van der Waals surface area contributed by atoms with Gasteiger partial charge in [-0.2, -0.15) is 0 Å². The van der Waals surface area contributed by atoms with E-state index in [1.165, 1.54) is 6.33 Å². The van der Waals surface area contributed by atoms with Gasteiger partial charge >= 0.3 is 0 Å². The summed E-state index contributed by atoms with van der Waals surface area (Å²) in [5.74, 6) is 2.09. The third-order valence-electron chi connectivity index (χ3n) is 2.14. The van der Waals surface area contributed by atoms with Gasteiger partial charge in [0.25, 0.3) is 0 Å². The van der Waals surface area contributed by atoms with Crippen LogP contribution in [0.4, 0.5) is 11.6 Å². The van der Waals surface area contributed by atoms with Crippen molar-refractivity contribution in [2.45, 2.75) is 27.2 Å². The molecule has 1 rings (SSSR count). The highest BCUT2D eigenvalue weighted by molar-refractivity contribution is 5.53. The largest absolute Gasteiger partial charge is 0.383 e. The van der Waals surface area contributed by atoms with Crippen molar-refractivity contribution in [2.75, 3.05) is 17.6 Å². The molecule has 14 heavy (non-hydrogen) atoms. The summed E-state index contributed by atoms with van der Waals surface area (Å²) < 4.78 is 0. The summed E-state index contributed by atoms with van der Waals surface area (Å²) >= 11 is 0. The Kier molecular flexibility index (Phi) is 3.68. The molecule has 0 amide bonds. The van der Waals surface area contributed by atoms with Crippen molar-refractivity contribution >= 4 is 11.6 Å². The molecule has 0 saturated heterocycles. The number of aromatic nitrogens is 2. The molecule has 4 nitrogen and oxygen atoms in total. The minimum atomic E-state index is 0.548. The van der Waals surface area contributed by atoms with E-state index < -0.39 is 0 Å². The maximum absolute atomic E-state index is 5.66. The summed E-state index contributed by atoms with van der Waals surface area (Å²) in [6.45, 7) is 7.24. The van der Waals surface area contributed by atoms with Crippen molar-refractivity contribution in [1.82, 2.24) is 9.97 Å². The first-order valence-electron chi connectivity index (χ1n) is 4.92. The second kappa shape index (κ2) is 4.79. The molecule has 0 spiro atoms. The number of nitrogens with zero attached hydrogens (tertiary/aromatic N) is 2. The van der Waals surface area contributed by atoms with Gasteiger partial charge in [0.05, 0.1) is 0 Å². The quantitative estimate of drug-likeness (QED) is 0.767. The fraction of sp³-hybridized carbons (Fsp3) is 0.600. The van der Waals surface area contributed by atoms with Gasteiger partial charge in [0, 0.05) is 12.1 Å². The zero-order valence-electron chi connectivity index (χ0n) is 9.04. The predicted octanol–water partition coefficient (Wildman–Crippen LogP) is 1.83. The molecular weight excluding hydrogens is 176 g/mol. The van der Waals surface area contributed by atoms with E-state index >= 15 is 0 Å². The molecule has 0 aromatic carbocycles. The van der Waals surface area contributed by atoms with Crippen LogP contribution in [0.2, 0.25) is 0 Å². The third kappa shape index (κ3) is 2.87. The molecule has 1 heterocycles. The van der Waals surface area contributed by atoms with E-state index in [0.717, 1.165) is 24.3 Å². The Morgan fingerprint density at radius 3 is 2.79 bits per heavy atom. The molecule has 4 heteroatoms. The topological polar surface area (TPSA) is 63.8 Å². The summed E-state index contributed by atoms with van der Waals surface area (Å²) in [5.41, 5.74) is 6.59. The van der Waals surface area contributed by atoms with Gasteiger partial charge in [0.2, 0.25) is 0 Å². The van der Waals surface area contributed by atoms with Crippen LogP contribution in [0.25, 0.3) is 0 Å². The minimum absolute atomic E-state index is 0.548. The molecule has 0 aliphatic heterocycles. The first-order chi connectivity index (χ1) is 6.61. The molecule has 0 aliphatic rings. The summed E-state index contributed by atoms with van der Waals surface area (Å²) in [6.07, 6.45) is 2.61. The van der Waals surface area contributed by atoms with Gasteiger partial charge in [0.15, 0.2) is 0 Å². The highest BCUT2D eigenvalue weighted by Crippen LogP contribution is 2.14. The van der Waals surface area contributed by atoms with Crippen molar-refractivity contribution in [3.63, 3.8) is 0 Å². The van der Waals surface area contributed by atoms with Crippen molar-refractivity contribution < 1.29 is 0 Å². The maximum Gasteiger partial charge on any atom is 0.134 e. The van der Waals surface area contributed by atoms with Crippen LogP contribution < -0.4 is 11.1 Å². The standard InChI is InChI=1S/C10H18N4/c1-7(2)4-5-12-10-8(3)9(11)13-6-14-10/h6-7H,4-5H2,1-3H3,(H3,11,12,13,14). The smallest absolute Gasteiger partial charge is 0.134 e. The van der Waals surface area contributed by atoms with E-state index in [-0.39, 0.29) is 0 Å². The Morgan fingerprint density at radius 2 is 2.14 bits per heavy atom. The van der Waals surface area contributed by atoms with Crippen LogP contribution in [0.15, 0.2) is 6.33 Å². The van der Waals surface area contributed by atoms with Gasteiger partial charge < -0.3 is 11.1 Å². The van der Waals surface area contributed by atoms with E-state index in [2.05, 4.69) is 29.1 Å². The zero-order chi connectivity index (χ0) is 10.6. The van der Waals surface area contributed by atoms with E-state index in [1.807, 2.05) is 6.92 Å². The summed E-state index contributed by atoms with van der Waals surface area (Å²) in [5, 5.41) is 3.25. The van der Waals surface area contributed by atoms with Crippen molar-refractivity contribution in [1.29, 1.82) is 0 Å². The fourth-order valence-electron chi connectivity index (χ4n) is 1.12. The molecule has 1 aromatic heterocycles. The van der Waals surface area contributed by atoms with Crippen LogP contribution in [-0.2, 0) is 0 Å². The van der Waals surface area contributed by atoms with Crippen molar-refractivity contribution in [3.8, 4) is 0 Å².